The molecular formula is C14H23N3O4S2. The van der Waals surface area contributed by atoms with Gasteiger partial charge in [-0.15, -0.1) is 0 Å². The quantitative estimate of drug-likeness (QED) is 0.766. The first-order valence-corrected chi connectivity index (χ1v) is 10.4. The topological polar surface area (TPSA) is 110 Å². The van der Waals surface area contributed by atoms with E-state index in [-0.39, 0.29) is 16.3 Å². The number of rotatable bonds is 6. The van der Waals surface area contributed by atoms with Crippen LogP contribution < -0.4 is 10.5 Å². The number of hydrogen-bond donors (Lipinski definition) is 2. The molecule has 1 aromatic rings. The molecule has 0 aromatic heterocycles. The third-order valence-corrected chi connectivity index (χ3v) is 7.33. The molecule has 2 rings (SSSR count). The third-order valence-electron chi connectivity index (χ3n) is 3.74. The SMILES string of the molecule is CC(C)(CN)NS(=O)(=O)c1cccc(S(=O)(=O)N2CCCC2)c1. The zero-order chi connectivity index (χ0) is 17.3. The lowest BCUT2D eigenvalue weighted by molar-refractivity contribution is 0.462. The molecule has 0 unspecified atom stereocenters. The minimum absolute atomic E-state index is 0.00664. The maximum atomic E-state index is 12.5. The Balaban J connectivity index is 2.37. The summed E-state index contributed by atoms with van der Waals surface area (Å²) in [6.07, 6.45) is 1.65. The van der Waals surface area contributed by atoms with Gasteiger partial charge in [0.2, 0.25) is 20.0 Å². The summed E-state index contributed by atoms with van der Waals surface area (Å²) in [6.45, 7) is 4.39. The van der Waals surface area contributed by atoms with E-state index in [1.807, 2.05) is 0 Å². The highest BCUT2D eigenvalue weighted by atomic mass is 32.2. The Morgan fingerprint density at radius 3 is 2.26 bits per heavy atom. The lowest BCUT2D eigenvalue weighted by atomic mass is 10.1. The molecule has 1 aliphatic heterocycles. The largest absolute Gasteiger partial charge is 0.329 e. The van der Waals surface area contributed by atoms with Crippen LogP contribution in [0.5, 0.6) is 0 Å². The van der Waals surface area contributed by atoms with Gasteiger partial charge in [-0.05, 0) is 44.9 Å². The second-order valence-corrected chi connectivity index (χ2v) is 9.90. The molecule has 1 aromatic carbocycles. The summed E-state index contributed by atoms with van der Waals surface area (Å²) < 4.78 is 53.8. The molecule has 1 heterocycles. The second-order valence-electron chi connectivity index (χ2n) is 6.28. The molecule has 130 valence electrons. The molecule has 0 atom stereocenters. The standard InChI is InChI=1S/C14H23N3O4S2/c1-14(2,11-15)16-22(18,19)12-6-5-7-13(10-12)23(20,21)17-8-3-4-9-17/h5-7,10,16H,3-4,8-9,11,15H2,1-2H3. The predicted molar refractivity (Wildman–Crippen MR) is 87.9 cm³/mol. The van der Waals surface area contributed by atoms with Crippen molar-refractivity contribution < 1.29 is 16.8 Å². The number of hydrogen-bond acceptors (Lipinski definition) is 5. The first-order chi connectivity index (χ1) is 10.6. The van der Waals surface area contributed by atoms with Crippen molar-refractivity contribution in [3.8, 4) is 0 Å². The van der Waals surface area contributed by atoms with Gasteiger partial charge in [0, 0.05) is 25.2 Å². The van der Waals surface area contributed by atoms with Gasteiger partial charge in [0.1, 0.15) is 0 Å². The molecule has 0 radical (unpaired) electrons. The third kappa shape index (κ3) is 4.10. The van der Waals surface area contributed by atoms with Crippen LogP contribution in [0.25, 0.3) is 0 Å². The maximum Gasteiger partial charge on any atom is 0.243 e. The monoisotopic (exact) mass is 361 g/mol. The van der Waals surface area contributed by atoms with E-state index in [4.69, 9.17) is 5.73 Å². The Morgan fingerprint density at radius 1 is 1.13 bits per heavy atom. The Morgan fingerprint density at radius 2 is 1.70 bits per heavy atom. The van der Waals surface area contributed by atoms with Crippen LogP contribution in [-0.4, -0.2) is 46.3 Å². The molecule has 3 N–H and O–H groups in total. The molecule has 1 fully saturated rings. The zero-order valence-corrected chi connectivity index (χ0v) is 15.0. The molecule has 0 bridgehead atoms. The van der Waals surface area contributed by atoms with Crippen LogP contribution in [0.1, 0.15) is 26.7 Å². The van der Waals surface area contributed by atoms with E-state index >= 15 is 0 Å². The molecule has 0 aliphatic carbocycles. The van der Waals surface area contributed by atoms with Crippen molar-refractivity contribution in [2.75, 3.05) is 19.6 Å². The van der Waals surface area contributed by atoms with E-state index < -0.39 is 25.6 Å². The van der Waals surface area contributed by atoms with Gasteiger partial charge in [-0.3, -0.25) is 0 Å². The summed E-state index contributed by atoms with van der Waals surface area (Å²) >= 11 is 0. The average molecular weight is 361 g/mol. The lowest BCUT2D eigenvalue weighted by Gasteiger charge is -2.24. The summed E-state index contributed by atoms with van der Waals surface area (Å²) in [7, 11) is -7.50. The minimum Gasteiger partial charge on any atom is -0.329 e. The van der Waals surface area contributed by atoms with Crippen LogP contribution in [0.4, 0.5) is 0 Å². The van der Waals surface area contributed by atoms with Gasteiger partial charge in [-0.2, -0.15) is 4.31 Å². The van der Waals surface area contributed by atoms with Crippen molar-refractivity contribution in [3.05, 3.63) is 24.3 Å². The number of benzene rings is 1. The first kappa shape index (κ1) is 18.3. The van der Waals surface area contributed by atoms with Crippen molar-refractivity contribution in [3.63, 3.8) is 0 Å². The summed E-state index contributed by atoms with van der Waals surface area (Å²) in [5.41, 5.74) is 4.73. The number of nitrogens with one attached hydrogen (secondary N) is 1. The normalized spacial score (nSPS) is 17.5. The fourth-order valence-corrected chi connectivity index (χ4v) is 5.45. The van der Waals surface area contributed by atoms with Gasteiger partial charge >= 0.3 is 0 Å². The summed E-state index contributed by atoms with van der Waals surface area (Å²) in [5, 5.41) is 0. The van der Waals surface area contributed by atoms with Crippen LogP contribution in [0.15, 0.2) is 34.1 Å². The van der Waals surface area contributed by atoms with Crippen LogP contribution in [0, 0.1) is 0 Å². The van der Waals surface area contributed by atoms with E-state index in [9.17, 15) is 16.8 Å². The van der Waals surface area contributed by atoms with Crippen LogP contribution >= 0.6 is 0 Å². The van der Waals surface area contributed by atoms with Crippen LogP contribution in [0.3, 0.4) is 0 Å². The molecule has 7 nitrogen and oxygen atoms in total. The number of nitrogens with zero attached hydrogens (tertiary/aromatic N) is 1. The molecular weight excluding hydrogens is 338 g/mol. The molecule has 0 saturated carbocycles. The molecule has 1 aliphatic rings. The minimum atomic E-state index is -3.85. The number of nitrogens with two attached hydrogens (primary N) is 1. The Kier molecular flexibility index (Phi) is 5.17. The van der Waals surface area contributed by atoms with Crippen molar-refractivity contribution in [1.29, 1.82) is 0 Å². The number of sulfonamides is 2. The van der Waals surface area contributed by atoms with Crippen molar-refractivity contribution >= 4 is 20.0 Å². The fraction of sp³-hybridized carbons (Fsp3) is 0.571. The van der Waals surface area contributed by atoms with E-state index in [1.54, 1.807) is 13.8 Å². The smallest absolute Gasteiger partial charge is 0.243 e. The molecule has 0 amide bonds. The van der Waals surface area contributed by atoms with Gasteiger partial charge in [-0.1, -0.05) is 6.07 Å². The molecule has 23 heavy (non-hydrogen) atoms. The van der Waals surface area contributed by atoms with Gasteiger partial charge < -0.3 is 5.73 Å². The average Bonchev–Trinajstić information content (AvgIpc) is 3.01. The molecule has 9 heteroatoms. The van der Waals surface area contributed by atoms with Gasteiger partial charge in [0.05, 0.1) is 9.79 Å². The van der Waals surface area contributed by atoms with Gasteiger partial charge in [0.15, 0.2) is 0 Å². The van der Waals surface area contributed by atoms with Gasteiger partial charge in [0.25, 0.3) is 0 Å². The maximum absolute atomic E-state index is 12.5. The summed E-state index contributed by atoms with van der Waals surface area (Å²) in [6, 6.07) is 5.42. The van der Waals surface area contributed by atoms with Crippen molar-refractivity contribution in [2.24, 2.45) is 5.73 Å². The summed E-state index contributed by atoms with van der Waals surface area (Å²) in [4.78, 5) is -0.0906. The first-order valence-electron chi connectivity index (χ1n) is 7.43. The second kappa shape index (κ2) is 6.48. The van der Waals surface area contributed by atoms with Crippen LogP contribution in [-0.2, 0) is 20.0 Å². The Hall–Kier alpha value is -1.00. The van der Waals surface area contributed by atoms with E-state index in [0.29, 0.717) is 13.1 Å². The zero-order valence-electron chi connectivity index (χ0n) is 13.3. The highest BCUT2D eigenvalue weighted by molar-refractivity contribution is 7.90. The Bertz CT molecular complexity index is 767. The van der Waals surface area contributed by atoms with Crippen LogP contribution in [0.2, 0.25) is 0 Å². The van der Waals surface area contributed by atoms with E-state index in [1.165, 1.54) is 28.6 Å². The van der Waals surface area contributed by atoms with Crippen molar-refractivity contribution in [1.82, 2.24) is 9.03 Å². The predicted octanol–water partition coefficient (Wildman–Crippen LogP) is 0.487. The van der Waals surface area contributed by atoms with Gasteiger partial charge in [-0.25, -0.2) is 21.6 Å². The highest BCUT2D eigenvalue weighted by Gasteiger charge is 2.29. The summed E-state index contributed by atoms with van der Waals surface area (Å²) in [5.74, 6) is 0. The van der Waals surface area contributed by atoms with E-state index in [2.05, 4.69) is 4.72 Å². The Labute approximate surface area is 138 Å². The lowest BCUT2D eigenvalue weighted by Crippen LogP contribution is -2.48. The molecule has 0 spiro atoms. The van der Waals surface area contributed by atoms with E-state index in [0.717, 1.165) is 12.8 Å². The highest BCUT2D eigenvalue weighted by Crippen LogP contribution is 2.23. The van der Waals surface area contributed by atoms with Crippen molar-refractivity contribution in [2.45, 2.75) is 42.0 Å². The fourth-order valence-electron chi connectivity index (χ4n) is 2.34. The molecule has 1 saturated heterocycles.